The number of hydrogen-bond acceptors (Lipinski definition) is 3. The van der Waals surface area contributed by atoms with Gasteiger partial charge in [0.25, 0.3) is 0 Å². The monoisotopic (exact) mass is 325 g/mol. The molecule has 0 aliphatic rings. The lowest BCUT2D eigenvalue weighted by Gasteiger charge is -2.43. The molecular formula is C12H31ClN6P-. The molecular weight excluding hydrogens is 295 g/mol. The van der Waals surface area contributed by atoms with Crippen LogP contribution in [0.1, 0.15) is 41.5 Å². The van der Waals surface area contributed by atoms with Crippen LogP contribution in [0.4, 0.5) is 0 Å². The summed E-state index contributed by atoms with van der Waals surface area (Å²) in [5, 5.41) is 0. The van der Waals surface area contributed by atoms with Gasteiger partial charge in [-0.05, 0) is 0 Å². The van der Waals surface area contributed by atoms with Crippen LogP contribution in [0, 0.1) is 0 Å². The molecule has 0 saturated heterocycles. The summed E-state index contributed by atoms with van der Waals surface area (Å²) in [6, 6.07) is 0. The first-order valence-corrected chi connectivity index (χ1v) is 8.34. The molecule has 6 nitrogen and oxygen atoms in total. The average Bonchev–Trinajstić information content (AvgIpc) is 2.43. The normalized spacial score (nSPS) is 10.3. The zero-order valence-corrected chi connectivity index (χ0v) is 15.5. The minimum atomic E-state index is -0.252. The Bertz CT molecular complexity index is 197. The van der Waals surface area contributed by atoms with E-state index in [4.69, 9.17) is 11.1 Å². The quantitative estimate of drug-likeness (QED) is 0.271. The van der Waals surface area contributed by atoms with Crippen LogP contribution in [-0.4, -0.2) is 53.3 Å². The molecule has 8 heteroatoms. The van der Waals surface area contributed by atoms with Gasteiger partial charge < -0.3 is 11.1 Å². The molecule has 0 rings (SSSR count). The maximum absolute atomic E-state index is 6.75. The Labute approximate surface area is 132 Å². The lowest BCUT2D eigenvalue weighted by molar-refractivity contribution is 0.352. The van der Waals surface area contributed by atoms with Gasteiger partial charge >= 0.3 is 0 Å². The van der Waals surface area contributed by atoms with Gasteiger partial charge in [-0.25, -0.2) is 0 Å². The molecule has 0 radical (unpaired) electrons. The average molecular weight is 326 g/mol. The van der Waals surface area contributed by atoms with Crippen LogP contribution in [-0.2, 0) is 0 Å². The topological polar surface area (TPSA) is 68.4 Å². The van der Waals surface area contributed by atoms with Crippen LogP contribution in [0.15, 0.2) is 0 Å². The fraction of sp³-hybridized carbons (Fsp3) is 1.00. The minimum absolute atomic E-state index is 0. The van der Waals surface area contributed by atoms with Gasteiger partial charge in [-0.2, -0.15) is 0 Å². The second kappa shape index (κ2) is 17.0. The molecule has 0 spiro atoms. The van der Waals surface area contributed by atoms with Crippen molar-refractivity contribution < 1.29 is 0 Å². The first kappa shape index (κ1) is 24.9. The molecule has 0 saturated carbocycles. The van der Waals surface area contributed by atoms with Crippen molar-refractivity contribution in [3.05, 3.63) is 16.0 Å². The molecule has 0 heterocycles. The Balaban J connectivity index is -0.000000657. The molecule has 122 valence electrons. The van der Waals surface area contributed by atoms with Gasteiger partial charge in [-0.1, -0.05) is 41.5 Å². The Morgan fingerprint density at radius 2 is 0.800 bits per heavy atom. The largest absolute Gasteiger partial charge is 0.373 e. The number of hydrogen-bond donors (Lipinski definition) is 0. The van der Waals surface area contributed by atoms with Crippen molar-refractivity contribution in [3.8, 4) is 0 Å². The van der Waals surface area contributed by atoms with Crippen LogP contribution in [0.5, 0.6) is 0 Å². The van der Waals surface area contributed by atoms with Gasteiger partial charge in [0.15, 0.2) is 0 Å². The van der Waals surface area contributed by atoms with Gasteiger partial charge in [0.05, 0.1) is 0 Å². The van der Waals surface area contributed by atoms with E-state index in [1.807, 2.05) is 0 Å². The fourth-order valence-corrected chi connectivity index (χ4v) is 4.56. The number of halogens is 1. The van der Waals surface area contributed by atoms with Crippen molar-refractivity contribution in [2.24, 2.45) is 0 Å². The summed E-state index contributed by atoms with van der Waals surface area (Å²) in [4.78, 5) is 1.50. The molecule has 0 fully saturated rings. The van der Waals surface area contributed by atoms with Crippen molar-refractivity contribution in [3.63, 3.8) is 0 Å². The Morgan fingerprint density at radius 1 is 0.650 bits per heavy atom. The third-order valence-corrected chi connectivity index (χ3v) is 6.16. The summed E-state index contributed by atoms with van der Waals surface area (Å²) in [6.45, 7) is 20.5. The Hall–Kier alpha value is -0.0900. The first-order chi connectivity index (χ1) is 9.11. The Kier molecular flexibility index (Phi) is 21.1. The van der Waals surface area contributed by atoms with E-state index in [0.29, 0.717) is 0 Å². The Morgan fingerprint density at radius 3 is 0.900 bits per heavy atom. The maximum Gasteiger partial charge on any atom is 0.120 e. The van der Waals surface area contributed by atoms with E-state index in [1.54, 1.807) is 0 Å². The summed E-state index contributed by atoms with van der Waals surface area (Å²) < 4.78 is 7.82. The van der Waals surface area contributed by atoms with Gasteiger partial charge in [0.1, 0.15) is 8.37 Å². The smallest absolute Gasteiger partial charge is 0.120 e. The molecule has 0 amide bonds. The molecule has 0 bridgehead atoms. The zero-order chi connectivity index (χ0) is 15.3. The number of nitrogens with zero attached hydrogens (tertiary/aromatic N) is 6. The lowest BCUT2D eigenvalue weighted by Crippen LogP contribution is -2.37. The maximum atomic E-state index is 6.75. The van der Waals surface area contributed by atoms with Crippen molar-refractivity contribution in [1.29, 1.82) is 0 Å². The first-order valence-electron chi connectivity index (χ1n) is 7.14. The second-order valence-electron chi connectivity index (χ2n) is 3.77. The van der Waals surface area contributed by atoms with Crippen molar-refractivity contribution in [2.75, 3.05) is 39.3 Å². The van der Waals surface area contributed by atoms with E-state index in [2.05, 4.69) is 55.6 Å². The molecule has 0 aliphatic carbocycles. The van der Waals surface area contributed by atoms with Crippen LogP contribution in [0.3, 0.4) is 0 Å². The highest BCUT2D eigenvalue weighted by Gasteiger charge is 2.26. The summed E-state index contributed by atoms with van der Waals surface area (Å²) in [7, 11) is -0.252. The SMILES string of the molecule is CCN(CC)P(N(CC)CC)N(CC)CC.Cl.[N-]=[N+]=[N-]. The van der Waals surface area contributed by atoms with Crippen LogP contribution in [0.2, 0.25) is 0 Å². The third kappa shape index (κ3) is 8.96. The van der Waals surface area contributed by atoms with Gasteiger partial charge in [0, 0.05) is 39.3 Å². The molecule has 0 N–H and O–H groups in total. The highest BCUT2D eigenvalue weighted by Crippen LogP contribution is 2.46. The van der Waals surface area contributed by atoms with E-state index in [1.165, 1.54) is 4.91 Å². The van der Waals surface area contributed by atoms with Crippen LogP contribution < -0.4 is 0 Å². The molecule has 0 aromatic heterocycles. The van der Waals surface area contributed by atoms with Crippen LogP contribution in [0.25, 0.3) is 16.0 Å². The minimum Gasteiger partial charge on any atom is -0.373 e. The van der Waals surface area contributed by atoms with E-state index in [0.717, 1.165) is 39.3 Å². The second-order valence-corrected chi connectivity index (χ2v) is 6.01. The summed E-state index contributed by atoms with van der Waals surface area (Å²) >= 11 is 0. The molecule has 0 aromatic rings. The molecule has 0 aromatic carbocycles. The third-order valence-electron chi connectivity index (χ3n) is 2.95. The highest BCUT2D eigenvalue weighted by atomic mass is 35.5. The van der Waals surface area contributed by atoms with Gasteiger partial charge in [-0.15, -0.1) is 12.4 Å². The lowest BCUT2D eigenvalue weighted by atomic mass is 10.7. The number of rotatable bonds is 9. The van der Waals surface area contributed by atoms with E-state index >= 15 is 0 Å². The summed E-state index contributed by atoms with van der Waals surface area (Å²) in [5.41, 5.74) is 13.5. The van der Waals surface area contributed by atoms with E-state index in [-0.39, 0.29) is 20.8 Å². The van der Waals surface area contributed by atoms with Crippen molar-refractivity contribution in [1.82, 2.24) is 14.0 Å². The van der Waals surface area contributed by atoms with Crippen molar-refractivity contribution in [2.45, 2.75) is 41.5 Å². The van der Waals surface area contributed by atoms with Crippen molar-refractivity contribution >= 4 is 20.8 Å². The van der Waals surface area contributed by atoms with E-state index < -0.39 is 0 Å². The predicted octanol–water partition coefficient (Wildman–Crippen LogP) is 4.53. The molecule has 20 heavy (non-hydrogen) atoms. The van der Waals surface area contributed by atoms with Gasteiger partial charge in [-0.3, -0.25) is 18.9 Å². The zero-order valence-electron chi connectivity index (χ0n) is 13.8. The fourth-order valence-electron chi connectivity index (χ4n) is 1.97. The molecule has 0 aliphatic heterocycles. The van der Waals surface area contributed by atoms with E-state index in [9.17, 15) is 0 Å². The molecule has 0 atom stereocenters. The van der Waals surface area contributed by atoms with Crippen LogP contribution >= 0.6 is 20.8 Å². The summed E-state index contributed by atoms with van der Waals surface area (Å²) in [6.07, 6.45) is 0. The summed E-state index contributed by atoms with van der Waals surface area (Å²) in [5.74, 6) is 0. The van der Waals surface area contributed by atoms with Gasteiger partial charge in [0.2, 0.25) is 0 Å². The molecule has 0 unspecified atom stereocenters. The predicted molar refractivity (Wildman–Crippen MR) is 93.0 cm³/mol. The highest BCUT2D eigenvalue weighted by molar-refractivity contribution is 7.50. The standard InChI is InChI=1S/C12H30N3P.ClH.N3/c1-7-13(8-2)16(14(9-3)10-4)15(11-5)12-6;;1-3-2/h7-12H2,1-6H3;1H;/q;;-1.